The van der Waals surface area contributed by atoms with Crippen molar-refractivity contribution in [3.8, 4) is 0 Å². The number of methoxy groups -OCH3 is 1. The lowest BCUT2D eigenvalue weighted by Gasteiger charge is -1.87. The summed E-state index contributed by atoms with van der Waals surface area (Å²) in [5.74, 6) is -0.380. The van der Waals surface area contributed by atoms with Gasteiger partial charge < -0.3 is 15.5 Å². The Morgan fingerprint density at radius 1 is 1.44 bits per heavy atom. The molecule has 4 heteroatoms. The van der Waals surface area contributed by atoms with Gasteiger partial charge in [0.2, 0.25) is 0 Å². The van der Waals surface area contributed by atoms with Gasteiger partial charge in [0.25, 0.3) is 0 Å². The zero-order chi connectivity index (χ0) is 12.0. The van der Waals surface area contributed by atoms with E-state index in [4.69, 9.17) is 5.73 Å². The maximum atomic E-state index is 9.83. The van der Waals surface area contributed by atoms with Crippen molar-refractivity contribution in [2.45, 2.75) is 6.92 Å². The molecule has 0 bridgehead atoms. The number of para-hydroxylation sites is 1. The third kappa shape index (κ3) is 3.10. The monoisotopic (exact) mass is 220 g/mol. The van der Waals surface area contributed by atoms with Crippen LogP contribution in [0.25, 0.3) is 10.9 Å². The maximum Gasteiger partial charge on any atom is 0.319 e. The molecule has 0 saturated carbocycles. The van der Waals surface area contributed by atoms with Gasteiger partial charge in [-0.25, -0.2) is 0 Å². The summed E-state index contributed by atoms with van der Waals surface area (Å²) >= 11 is 0. The van der Waals surface area contributed by atoms with Crippen LogP contribution in [-0.2, 0) is 9.53 Å². The molecule has 0 aliphatic rings. The van der Waals surface area contributed by atoms with E-state index in [9.17, 15) is 4.79 Å². The molecule has 0 spiro atoms. The molecule has 0 amide bonds. The summed E-state index contributed by atoms with van der Waals surface area (Å²) in [4.78, 5) is 13.0. The lowest BCUT2D eigenvalue weighted by atomic mass is 10.2. The van der Waals surface area contributed by atoms with Gasteiger partial charge in [0, 0.05) is 17.1 Å². The molecule has 0 saturated heterocycles. The molecule has 16 heavy (non-hydrogen) atoms. The fourth-order valence-corrected chi connectivity index (χ4v) is 1.30. The zero-order valence-corrected chi connectivity index (χ0v) is 9.49. The Balaban J connectivity index is 0.000000187. The minimum atomic E-state index is -0.380. The number of aromatic amines is 1. The third-order valence-electron chi connectivity index (χ3n) is 2.19. The third-order valence-corrected chi connectivity index (χ3v) is 2.19. The Labute approximate surface area is 94.4 Å². The molecule has 0 fully saturated rings. The van der Waals surface area contributed by atoms with Crippen LogP contribution in [0.4, 0.5) is 0 Å². The molecule has 86 valence electrons. The fourth-order valence-electron chi connectivity index (χ4n) is 1.30. The SMILES string of the molecule is COC(=O)CN.Cc1c[nH]c2ccccc12. The quantitative estimate of drug-likeness (QED) is 0.717. The summed E-state index contributed by atoms with van der Waals surface area (Å²) in [6.07, 6.45) is 2.03. The zero-order valence-electron chi connectivity index (χ0n) is 9.49. The van der Waals surface area contributed by atoms with Crippen LogP contribution in [0.2, 0.25) is 0 Å². The van der Waals surface area contributed by atoms with Gasteiger partial charge >= 0.3 is 5.97 Å². The van der Waals surface area contributed by atoms with E-state index in [0.717, 1.165) is 0 Å². The van der Waals surface area contributed by atoms with E-state index in [2.05, 4.69) is 34.8 Å². The molecule has 0 aliphatic heterocycles. The van der Waals surface area contributed by atoms with Crippen LogP contribution >= 0.6 is 0 Å². The molecule has 2 aromatic rings. The average Bonchev–Trinajstić information content (AvgIpc) is 2.72. The van der Waals surface area contributed by atoms with E-state index in [-0.39, 0.29) is 12.5 Å². The number of ether oxygens (including phenoxy) is 1. The van der Waals surface area contributed by atoms with Gasteiger partial charge in [0.1, 0.15) is 0 Å². The Morgan fingerprint density at radius 3 is 2.62 bits per heavy atom. The number of carbonyl (C=O) groups is 1. The minimum Gasteiger partial charge on any atom is -0.468 e. The van der Waals surface area contributed by atoms with Gasteiger partial charge in [-0.15, -0.1) is 0 Å². The first-order valence-electron chi connectivity index (χ1n) is 4.98. The number of hydrogen-bond donors (Lipinski definition) is 2. The number of H-pyrrole nitrogens is 1. The van der Waals surface area contributed by atoms with E-state index in [0.29, 0.717) is 0 Å². The molecule has 0 atom stereocenters. The molecule has 0 unspecified atom stereocenters. The van der Waals surface area contributed by atoms with Crippen molar-refractivity contribution >= 4 is 16.9 Å². The van der Waals surface area contributed by atoms with Crippen molar-refractivity contribution in [2.24, 2.45) is 5.73 Å². The predicted molar refractivity (Wildman–Crippen MR) is 64.1 cm³/mol. The number of benzene rings is 1. The van der Waals surface area contributed by atoms with E-state index in [1.54, 1.807) is 0 Å². The van der Waals surface area contributed by atoms with E-state index in [1.165, 1.54) is 23.6 Å². The van der Waals surface area contributed by atoms with Crippen LogP contribution in [0.5, 0.6) is 0 Å². The van der Waals surface area contributed by atoms with E-state index in [1.807, 2.05) is 12.3 Å². The van der Waals surface area contributed by atoms with Crippen LogP contribution < -0.4 is 5.73 Å². The molecule has 3 N–H and O–H groups in total. The summed E-state index contributed by atoms with van der Waals surface area (Å²) in [5.41, 5.74) is 7.35. The molecular weight excluding hydrogens is 204 g/mol. The first kappa shape index (κ1) is 12.3. The van der Waals surface area contributed by atoms with Crippen molar-refractivity contribution in [1.82, 2.24) is 4.98 Å². The molecular formula is C12H16N2O2. The summed E-state index contributed by atoms with van der Waals surface area (Å²) in [7, 11) is 1.30. The normalized spacial score (nSPS) is 9.44. The molecule has 1 aromatic heterocycles. The van der Waals surface area contributed by atoms with Crippen LogP contribution in [0.3, 0.4) is 0 Å². The Hall–Kier alpha value is -1.81. The number of aromatic nitrogens is 1. The molecule has 0 aliphatic carbocycles. The van der Waals surface area contributed by atoms with Gasteiger partial charge in [0.15, 0.2) is 0 Å². The standard InChI is InChI=1S/C9H9N.C3H7NO2/c1-7-6-10-9-5-3-2-4-8(7)9;1-6-3(5)2-4/h2-6,10H,1H3;2,4H2,1H3. The van der Waals surface area contributed by atoms with Crippen molar-refractivity contribution in [3.63, 3.8) is 0 Å². The summed E-state index contributed by atoms with van der Waals surface area (Å²) < 4.78 is 4.14. The lowest BCUT2D eigenvalue weighted by Crippen LogP contribution is -2.14. The number of carbonyl (C=O) groups excluding carboxylic acids is 1. The van der Waals surface area contributed by atoms with E-state index < -0.39 is 0 Å². The highest BCUT2D eigenvalue weighted by atomic mass is 16.5. The number of hydrogen-bond acceptors (Lipinski definition) is 3. The second kappa shape index (κ2) is 5.92. The fraction of sp³-hybridized carbons (Fsp3) is 0.250. The Morgan fingerprint density at radius 2 is 2.12 bits per heavy atom. The largest absolute Gasteiger partial charge is 0.468 e. The number of fused-ring (bicyclic) bond motifs is 1. The lowest BCUT2D eigenvalue weighted by molar-refractivity contribution is -0.138. The Kier molecular flexibility index (Phi) is 4.54. The predicted octanol–water partition coefficient (Wildman–Crippen LogP) is 1.59. The van der Waals surface area contributed by atoms with Crippen LogP contribution in [0.15, 0.2) is 30.5 Å². The van der Waals surface area contributed by atoms with Gasteiger partial charge in [-0.1, -0.05) is 18.2 Å². The number of nitrogens with two attached hydrogens (primary N) is 1. The van der Waals surface area contributed by atoms with Gasteiger partial charge in [0.05, 0.1) is 13.7 Å². The number of esters is 1. The van der Waals surface area contributed by atoms with Crippen molar-refractivity contribution in [3.05, 3.63) is 36.0 Å². The topological polar surface area (TPSA) is 68.1 Å². The highest BCUT2D eigenvalue weighted by Crippen LogP contribution is 2.15. The minimum absolute atomic E-state index is 0.0312. The molecule has 1 heterocycles. The van der Waals surface area contributed by atoms with Crippen LogP contribution in [0.1, 0.15) is 5.56 Å². The summed E-state index contributed by atoms with van der Waals surface area (Å²) in [6, 6.07) is 8.31. The highest BCUT2D eigenvalue weighted by Gasteiger charge is 1.94. The average molecular weight is 220 g/mol. The first-order chi connectivity index (χ1) is 7.69. The van der Waals surface area contributed by atoms with Crippen molar-refractivity contribution in [2.75, 3.05) is 13.7 Å². The van der Waals surface area contributed by atoms with Crippen LogP contribution in [-0.4, -0.2) is 24.6 Å². The van der Waals surface area contributed by atoms with Crippen molar-refractivity contribution in [1.29, 1.82) is 0 Å². The summed E-state index contributed by atoms with van der Waals surface area (Å²) in [6.45, 7) is 2.08. The smallest absolute Gasteiger partial charge is 0.319 e. The van der Waals surface area contributed by atoms with Crippen molar-refractivity contribution < 1.29 is 9.53 Å². The molecule has 0 radical (unpaired) electrons. The molecule has 2 rings (SSSR count). The second-order valence-electron chi connectivity index (χ2n) is 3.30. The number of nitrogens with one attached hydrogen (secondary N) is 1. The maximum absolute atomic E-state index is 9.83. The first-order valence-corrected chi connectivity index (χ1v) is 4.98. The van der Waals surface area contributed by atoms with Gasteiger partial charge in [-0.2, -0.15) is 0 Å². The number of aryl methyl sites for hydroxylation is 1. The second-order valence-corrected chi connectivity index (χ2v) is 3.30. The highest BCUT2D eigenvalue weighted by molar-refractivity contribution is 5.82. The van der Waals surface area contributed by atoms with Crippen LogP contribution in [0, 0.1) is 6.92 Å². The summed E-state index contributed by atoms with van der Waals surface area (Å²) in [5, 5.41) is 1.32. The van der Waals surface area contributed by atoms with E-state index >= 15 is 0 Å². The molecule has 4 nitrogen and oxygen atoms in total. The van der Waals surface area contributed by atoms with Gasteiger partial charge in [-0.05, 0) is 18.6 Å². The molecule has 1 aromatic carbocycles. The van der Waals surface area contributed by atoms with Gasteiger partial charge in [-0.3, -0.25) is 4.79 Å². The number of rotatable bonds is 1. The Bertz CT molecular complexity index is 457.